The first kappa shape index (κ1) is 15.5. The van der Waals surface area contributed by atoms with E-state index in [1.807, 2.05) is 12.1 Å². The molecule has 0 saturated carbocycles. The van der Waals surface area contributed by atoms with Crippen molar-refractivity contribution >= 4 is 17.3 Å². The molecule has 1 aliphatic rings. The van der Waals surface area contributed by atoms with Gasteiger partial charge in [-0.2, -0.15) is 0 Å². The van der Waals surface area contributed by atoms with Crippen LogP contribution in [0.4, 0.5) is 15.8 Å². The van der Waals surface area contributed by atoms with Crippen LogP contribution in [0.15, 0.2) is 42.5 Å². The first-order valence-electron chi connectivity index (χ1n) is 8.08. The average molecular weight is 312 g/mol. The predicted molar refractivity (Wildman–Crippen MR) is 91.2 cm³/mol. The highest BCUT2D eigenvalue weighted by Gasteiger charge is 2.18. The van der Waals surface area contributed by atoms with Crippen molar-refractivity contribution in [3.8, 4) is 0 Å². The van der Waals surface area contributed by atoms with Gasteiger partial charge in [0.05, 0.1) is 5.69 Å². The zero-order valence-corrected chi connectivity index (χ0v) is 13.2. The van der Waals surface area contributed by atoms with Crippen molar-refractivity contribution in [2.75, 3.05) is 10.6 Å². The number of nitrogens with one attached hydrogen (secondary N) is 2. The van der Waals surface area contributed by atoms with Crippen molar-refractivity contribution in [2.24, 2.45) is 0 Å². The molecule has 0 heterocycles. The molecule has 2 N–H and O–H groups in total. The third-order valence-corrected chi connectivity index (χ3v) is 4.29. The van der Waals surface area contributed by atoms with Crippen molar-refractivity contribution in [1.82, 2.24) is 0 Å². The quantitative estimate of drug-likeness (QED) is 0.890. The summed E-state index contributed by atoms with van der Waals surface area (Å²) < 4.78 is 13.6. The summed E-state index contributed by atoms with van der Waals surface area (Å²) in [6.07, 6.45) is 4.54. The van der Waals surface area contributed by atoms with Gasteiger partial charge >= 0.3 is 0 Å². The maximum atomic E-state index is 13.6. The summed E-state index contributed by atoms with van der Waals surface area (Å²) in [5, 5.41) is 5.91. The predicted octanol–water partition coefficient (Wildman–Crippen LogP) is 4.14. The van der Waals surface area contributed by atoms with E-state index in [4.69, 9.17) is 0 Å². The maximum Gasteiger partial charge on any atom is 0.246 e. The van der Waals surface area contributed by atoms with Crippen LogP contribution in [0.1, 0.15) is 30.9 Å². The Kier molecular flexibility index (Phi) is 4.60. The van der Waals surface area contributed by atoms with Crippen LogP contribution in [0.3, 0.4) is 0 Å². The monoisotopic (exact) mass is 312 g/mol. The Hall–Kier alpha value is -2.36. The fourth-order valence-corrected chi connectivity index (χ4v) is 3.02. The lowest BCUT2D eigenvalue weighted by atomic mass is 9.90. The van der Waals surface area contributed by atoms with Gasteiger partial charge in [0.2, 0.25) is 5.91 Å². The number of benzene rings is 2. The van der Waals surface area contributed by atoms with Crippen LogP contribution >= 0.6 is 0 Å². The molecule has 0 fully saturated rings. The third-order valence-electron chi connectivity index (χ3n) is 4.29. The van der Waals surface area contributed by atoms with Crippen LogP contribution in [0.5, 0.6) is 0 Å². The van der Waals surface area contributed by atoms with E-state index < -0.39 is 11.9 Å². The normalized spacial score (nSPS) is 14.7. The van der Waals surface area contributed by atoms with Crippen molar-refractivity contribution in [1.29, 1.82) is 0 Å². The molecule has 1 atom stereocenters. The Bertz CT molecular complexity index is 714. The van der Waals surface area contributed by atoms with Crippen LogP contribution in [0.2, 0.25) is 0 Å². The molecule has 0 spiro atoms. The number of halogens is 1. The summed E-state index contributed by atoms with van der Waals surface area (Å²) >= 11 is 0. The molecule has 3 rings (SSSR count). The van der Waals surface area contributed by atoms with Gasteiger partial charge in [-0.05, 0) is 61.9 Å². The summed E-state index contributed by atoms with van der Waals surface area (Å²) in [4.78, 5) is 12.3. The van der Waals surface area contributed by atoms with Crippen LogP contribution in [-0.4, -0.2) is 11.9 Å². The van der Waals surface area contributed by atoms with Crippen molar-refractivity contribution in [3.63, 3.8) is 0 Å². The van der Waals surface area contributed by atoms with E-state index in [9.17, 15) is 9.18 Å². The number of carbonyl (C=O) groups is 1. The molecular formula is C19H21FN2O. The van der Waals surface area contributed by atoms with Crippen LogP contribution in [0, 0.1) is 5.82 Å². The molecule has 0 unspecified atom stereocenters. The largest absolute Gasteiger partial charge is 0.374 e. The van der Waals surface area contributed by atoms with Gasteiger partial charge < -0.3 is 10.6 Å². The maximum absolute atomic E-state index is 13.6. The lowest BCUT2D eigenvalue weighted by Gasteiger charge is -2.22. The van der Waals surface area contributed by atoms with E-state index in [2.05, 4.69) is 16.7 Å². The van der Waals surface area contributed by atoms with Gasteiger partial charge in [0.25, 0.3) is 0 Å². The molecule has 0 saturated heterocycles. The van der Waals surface area contributed by atoms with Crippen LogP contribution < -0.4 is 10.6 Å². The van der Waals surface area contributed by atoms with Gasteiger partial charge in [-0.25, -0.2) is 4.39 Å². The first-order chi connectivity index (χ1) is 11.1. The van der Waals surface area contributed by atoms with E-state index in [0.717, 1.165) is 18.5 Å². The number of fused-ring (bicyclic) bond motifs is 1. The number of hydrogen-bond donors (Lipinski definition) is 2. The SMILES string of the molecule is C[C@H](Nc1cccc2c1CCCC2)C(=O)Nc1ccccc1F. The topological polar surface area (TPSA) is 41.1 Å². The van der Waals surface area contributed by atoms with E-state index in [1.54, 1.807) is 25.1 Å². The average Bonchev–Trinajstić information content (AvgIpc) is 2.57. The number of rotatable bonds is 4. The summed E-state index contributed by atoms with van der Waals surface area (Å²) in [7, 11) is 0. The highest BCUT2D eigenvalue weighted by Crippen LogP contribution is 2.28. The van der Waals surface area contributed by atoms with E-state index in [0.29, 0.717) is 0 Å². The highest BCUT2D eigenvalue weighted by molar-refractivity contribution is 5.96. The lowest BCUT2D eigenvalue weighted by molar-refractivity contribution is -0.116. The number of amides is 1. The molecule has 23 heavy (non-hydrogen) atoms. The fraction of sp³-hybridized carbons (Fsp3) is 0.316. The van der Waals surface area contributed by atoms with Crippen molar-refractivity contribution in [3.05, 3.63) is 59.4 Å². The molecule has 0 aromatic heterocycles. The molecule has 0 bridgehead atoms. The van der Waals surface area contributed by atoms with E-state index >= 15 is 0 Å². The summed E-state index contributed by atoms with van der Waals surface area (Å²) in [5.74, 6) is -0.673. The number of hydrogen-bond acceptors (Lipinski definition) is 2. The van der Waals surface area contributed by atoms with E-state index in [1.165, 1.54) is 30.0 Å². The van der Waals surface area contributed by atoms with Gasteiger partial charge in [-0.15, -0.1) is 0 Å². The van der Waals surface area contributed by atoms with Gasteiger partial charge in [0.15, 0.2) is 0 Å². The molecule has 2 aromatic rings. The number of anilines is 2. The Labute approximate surface area is 135 Å². The number of para-hydroxylation sites is 1. The van der Waals surface area contributed by atoms with Crippen LogP contribution in [0.25, 0.3) is 0 Å². The van der Waals surface area contributed by atoms with Gasteiger partial charge in [0, 0.05) is 5.69 Å². The van der Waals surface area contributed by atoms with Crippen molar-refractivity contribution < 1.29 is 9.18 Å². The van der Waals surface area contributed by atoms with Crippen LogP contribution in [-0.2, 0) is 17.6 Å². The Morgan fingerprint density at radius 1 is 1.04 bits per heavy atom. The van der Waals surface area contributed by atoms with Gasteiger partial charge in [-0.1, -0.05) is 24.3 Å². The molecule has 1 amide bonds. The Morgan fingerprint density at radius 3 is 2.61 bits per heavy atom. The second kappa shape index (κ2) is 6.82. The lowest BCUT2D eigenvalue weighted by Crippen LogP contribution is -2.32. The third kappa shape index (κ3) is 3.52. The minimum absolute atomic E-state index is 0.209. The van der Waals surface area contributed by atoms with Crippen molar-refractivity contribution in [2.45, 2.75) is 38.6 Å². The molecule has 2 aromatic carbocycles. The molecule has 0 radical (unpaired) electrons. The minimum atomic E-state index is -0.442. The molecule has 3 nitrogen and oxygen atoms in total. The minimum Gasteiger partial charge on any atom is -0.374 e. The molecular weight excluding hydrogens is 291 g/mol. The standard InChI is InChI=1S/C19H21FN2O/c1-13(19(23)22-18-11-5-4-10-16(18)20)21-17-12-6-8-14-7-2-3-9-15(14)17/h4-6,8,10-13,21H,2-3,7,9H2,1H3,(H,22,23)/t13-/m0/s1. The smallest absolute Gasteiger partial charge is 0.246 e. The van der Waals surface area contributed by atoms with Gasteiger partial charge in [-0.3, -0.25) is 4.79 Å². The Morgan fingerprint density at radius 2 is 1.78 bits per heavy atom. The van der Waals surface area contributed by atoms with Gasteiger partial charge in [0.1, 0.15) is 11.9 Å². The highest BCUT2D eigenvalue weighted by atomic mass is 19.1. The Balaban J connectivity index is 1.71. The fourth-order valence-electron chi connectivity index (χ4n) is 3.02. The summed E-state index contributed by atoms with van der Waals surface area (Å²) in [5.41, 5.74) is 3.90. The number of carbonyl (C=O) groups excluding carboxylic acids is 1. The first-order valence-corrected chi connectivity index (χ1v) is 8.08. The number of aryl methyl sites for hydroxylation is 1. The molecule has 1 aliphatic carbocycles. The molecule has 0 aliphatic heterocycles. The second-order valence-corrected chi connectivity index (χ2v) is 5.99. The zero-order valence-electron chi connectivity index (χ0n) is 13.2. The molecule has 4 heteroatoms. The van der Waals surface area contributed by atoms with E-state index in [-0.39, 0.29) is 11.6 Å². The summed E-state index contributed by atoms with van der Waals surface area (Å²) in [6.45, 7) is 1.79. The summed E-state index contributed by atoms with van der Waals surface area (Å²) in [6, 6.07) is 11.9. The zero-order chi connectivity index (χ0) is 16.2. The molecule has 120 valence electrons. The second-order valence-electron chi connectivity index (χ2n) is 5.99.